The Morgan fingerprint density at radius 1 is 1.33 bits per heavy atom. The molecule has 1 aromatic heterocycles. The molecule has 1 unspecified atom stereocenters. The van der Waals surface area contributed by atoms with Crippen LogP contribution in [0.2, 0.25) is 0 Å². The van der Waals surface area contributed by atoms with Gasteiger partial charge in [0.1, 0.15) is 11.6 Å². The average molecular weight is 370 g/mol. The van der Waals surface area contributed by atoms with Crippen molar-refractivity contribution in [1.82, 2.24) is 4.57 Å². The van der Waals surface area contributed by atoms with Crippen LogP contribution in [0.1, 0.15) is 41.8 Å². The number of aromatic nitrogens is 1. The third-order valence-electron chi connectivity index (χ3n) is 4.24. The summed E-state index contributed by atoms with van der Waals surface area (Å²) < 4.78 is 12.0. The molecule has 0 radical (unpaired) electrons. The fraction of sp³-hybridized carbons (Fsp3) is 0.350. The van der Waals surface area contributed by atoms with Gasteiger partial charge in [0.2, 0.25) is 11.7 Å². The van der Waals surface area contributed by atoms with Crippen molar-refractivity contribution in [2.45, 2.75) is 39.8 Å². The third kappa shape index (κ3) is 3.80. The van der Waals surface area contributed by atoms with Crippen molar-refractivity contribution in [3.8, 4) is 23.4 Å². The standard InChI is InChI=1S/C20H22N2O5/c1-5-10-22-19(24)14(11-21)12(2)17(20(22)25)18(23)13(3)27-16-9-7-6-8-15(16)26-4/h6-9,13,25H,5,10H2,1-4H3. The molecule has 0 spiro atoms. The summed E-state index contributed by atoms with van der Waals surface area (Å²) in [4.78, 5) is 25.3. The molecule has 1 heterocycles. The molecule has 2 rings (SSSR count). The monoisotopic (exact) mass is 370 g/mol. The summed E-state index contributed by atoms with van der Waals surface area (Å²) in [6, 6.07) is 8.71. The first-order valence-electron chi connectivity index (χ1n) is 8.57. The number of carbonyl (C=O) groups is 1. The van der Waals surface area contributed by atoms with Crippen LogP contribution in [0.25, 0.3) is 0 Å². The second kappa shape index (κ2) is 8.41. The predicted molar refractivity (Wildman–Crippen MR) is 99.5 cm³/mol. The van der Waals surface area contributed by atoms with Crippen molar-refractivity contribution in [2.24, 2.45) is 0 Å². The molecule has 0 aliphatic rings. The van der Waals surface area contributed by atoms with Crippen LogP contribution in [-0.2, 0) is 6.54 Å². The molecular formula is C20H22N2O5. The van der Waals surface area contributed by atoms with E-state index < -0.39 is 23.3 Å². The lowest BCUT2D eigenvalue weighted by Crippen LogP contribution is -2.30. The highest BCUT2D eigenvalue weighted by Gasteiger charge is 2.28. The number of pyridine rings is 1. The van der Waals surface area contributed by atoms with E-state index in [2.05, 4.69) is 0 Å². The van der Waals surface area contributed by atoms with Gasteiger partial charge in [-0.3, -0.25) is 14.2 Å². The first kappa shape index (κ1) is 20.0. The lowest BCUT2D eigenvalue weighted by Gasteiger charge is -2.19. The maximum atomic E-state index is 13.0. The van der Waals surface area contributed by atoms with Gasteiger partial charge in [-0.05, 0) is 38.0 Å². The number of Topliss-reactive ketones (excluding diaryl/α,β-unsaturated/α-hetero) is 1. The number of aromatic hydroxyl groups is 1. The van der Waals surface area contributed by atoms with Crippen molar-refractivity contribution in [3.05, 3.63) is 51.3 Å². The molecule has 0 saturated carbocycles. The van der Waals surface area contributed by atoms with Crippen LogP contribution in [0.3, 0.4) is 0 Å². The quantitative estimate of drug-likeness (QED) is 0.752. The summed E-state index contributed by atoms with van der Waals surface area (Å²) in [6.45, 7) is 5.03. The van der Waals surface area contributed by atoms with Crippen LogP contribution in [0.4, 0.5) is 0 Å². The van der Waals surface area contributed by atoms with E-state index in [4.69, 9.17) is 9.47 Å². The number of hydrogen-bond acceptors (Lipinski definition) is 6. The average Bonchev–Trinajstić information content (AvgIpc) is 2.65. The molecule has 1 N–H and O–H groups in total. The summed E-state index contributed by atoms with van der Waals surface area (Å²) >= 11 is 0. The fourth-order valence-electron chi connectivity index (χ4n) is 2.84. The molecule has 0 aliphatic heterocycles. The largest absolute Gasteiger partial charge is 0.494 e. The smallest absolute Gasteiger partial charge is 0.271 e. The topological polar surface area (TPSA) is 102 Å². The van der Waals surface area contributed by atoms with Crippen molar-refractivity contribution in [2.75, 3.05) is 7.11 Å². The van der Waals surface area contributed by atoms with Crippen LogP contribution in [0.15, 0.2) is 29.1 Å². The maximum Gasteiger partial charge on any atom is 0.271 e. The van der Waals surface area contributed by atoms with Gasteiger partial charge in [-0.15, -0.1) is 0 Å². The molecule has 0 bridgehead atoms. The van der Waals surface area contributed by atoms with Crippen molar-refractivity contribution in [3.63, 3.8) is 0 Å². The summed E-state index contributed by atoms with van der Waals surface area (Å²) in [7, 11) is 1.49. The second-order valence-corrected chi connectivity index (χ2v) is 6.04. The molecule has 0 aliphatic carbocycles. The van der Waals surface area contributed by atoms with Gasteiger partial charge in [0, 0.05) is 6.54 Å². The Balaban J connectivity index is 2.50. The van der Waals surface area contributed by atoms with E-state index in [0.717, 1.165) is 4.57 Å². The van der Waals surface area contributed by atoms with E-state index in [9.17, 15) is 20.0 Å². The first-order valence-corrected chi connectivity index (χ1v) is 8.57. The number of benzene rings is 1. The highest BCUT2D eigenvalue weighted by Crippen LogP contribution is 2.29. The van der Waals surface area contributed by atoms with E-state index in [1.807, 2.05) is 13.0 Å². The molecule has 1 aromatic carbocycles. The number of nitrogens with zero attached hydrogens (tertiary/aromatic N) is 2. The van der Waals surface area contributed by atoms with Gasteiger partial charge in [-0.2, -0.15) is 5.26 Å². The van der Waals surface area contributed by atoms with Gasteiger partial charge < -0.3 is 14.6 Å². The first-order chi connectivity index (χ1) is 12.9. The van der Waals surface area contributed by atoms with E-state index in [1.54, 1.807) is 24.3 Å². The molecule has 27 heavy (non-hydrogen) atoms. The summed E-state index contributed by atoms with van der Waals surface area (Å²) in [5, 5.41) is 19.9. The van der Waals surface area contributed by atoms with Gasteiger partial charge in [-0.1, -0.05) is 19.1 Å². The Labute approximate surface area is 157 Å². The van der Waals surface area contributed by atoms with Gasteiger partial charge >= 0.3 is 0 Å². The zero-order chi connectivity index (χ0) is 20.1. The fourth-order valence-corrected chi connectivity index (χ4v) is 2.84. The van der Waals surface area contributed by atoms with E-state index in [-0.39, 0.29) is 23.2 Å². The Hall–Kier alpha value is -3.27. The maximum absolute atomic E-state index is 13.0. The van der Waals surface area contributed by atoms with E-state index >= 15 is 0 Å². The lowest BCUT2D eigenvalue weighted by molar-refractivity contribution is 0.0808. The van der Waals surface area contributed by atoms with Crippen molar-refractivity contribution < 1.29 is 19.4 Å². The number of rotatable bonds is 7. The molecular weight excluding hydrogens is 348 g/mol. The highest BCUT2D eigenvalue weighted by atomic mass is 16.5. The van der Waals surface area contributed by atoms with Crippen molar-refractivity contribution >= 4 is 5.78 Å². The Bertz CT molecular complexity index is 956. The normalized spacial score (nSPS) is 11.5. The molecule has 2 aromatic rings. The molecule has 1 atom stereocenters. The SMILES string of the molecule is CCCn1c(O)c(C(=O)C(C)Oc2ccccc2OC)c(C)c(C#N)c1=O. The van der Waals surface area contributed by atoms with Crippen LogP contribution in [0, 0.1) is 18.3 Å². The molecule has 0 saturated heterocycles. The highest BCUT2D eigenvalue weighted by molar-refractivity contribution is 6.03. The van der Waals surface area contributed by atoms with Gasteiger partial charge in [0.15, 0.2) is 17.6 Å². The Kier molecular flexibility index (Phi) is 6.24. The van der Waals surface area contributed by atoms with Crippen LogP contribution < -0.4 is 15.0 Å². The van der Waals surface area contributed by atoms with Crippen LogP contribution >= 0.6 is 0 Å². The van der Waals surface area contributed by atoms with Gasteiger partial charge in [-0.25, -0.2) is 0 Å². The molecule has 7 heteroatoms. The number of ether oxygens (including phenoxy) is 2. The molecule has 0 fully saturated rings. The summed E-state index contributed by atoms with van der Waals surface area (Å²) in [5.74, 6) is -0.136. The van der Waals surface area contributed by atoms with E-state index in [0.29, 0.717) is 17.9 Å². The number of carbonyl (C=O) groups excluding carboxylic acids is 1. The molecule has 142 valence electrons. The zero-order valence-corrected chi connectivity index (χ0v) is 15.8. The van der Waals surface area contributed by atoms with Gasteiger partial charge in [0.05, 0.1) is 12.7 Å². The lowest BCUT2D eigenvalue weighted by atomic mass is 9.99. The minimum Gasteiger partial charge on any atom is -0.494 e. The van der Waals surface area contributed by atoms with Crippen molar-refractivity contribution in [1.29, 1.82) is 5.26 Å². The summed E-state index contributed by atoms with van der Waals surface area (Å²) in [6.07, 6.45) is -0.410. The molecule has 0 amide bonds. The minimum absolute atomic E-state index is 0.0815. The number of nitriles is 1. The Morgan fingerprint density at radius 2 is 1.96 bits per heavy atom. The third-order valence-corrected chi connectivity index (χ3v) is 4.24. The Morgan fingerprint density at radius 3 is 2.52 bits per heavy atom. The summed E-state index contributed by atoms with van der Waals surface area (Å²) in [5.41, 5.74) is -0.701. The number of para-hydroxylation sites is 2. The minimum atomic E-state index is -0.968. The number of methoxy groups -OCH3 is 1. The predicted octanol–water partition coefficient (Wildman–Crippen LogP) is 2.80. The van der Waals surface area contributed by atoms with Crippen LogP contribution in [0.5, 0.6) is 17.4 Å². The number of ketones is 1. The zero-order valence-electron chi connectivity index (χ0n) is 15.8. The van der Waals surface area contributed by atoms with E-state index in [1.165, 1.54) is 21.0 Å². The number of hydrogen-bond donors (Lipinski definition) is 1. The molecule has 7 nitrogen and oxygen atoms in total. The van der Waals surface area contributed by atoms with Gasteiger partial charge in [0.25, 0.3) is 5.56 Å². The van der Waals surface area contributed by atoms with Crippen LogP contribution in [-0.4, -0.2) is 28.7 Å². The second-order valence-electron chi connectivity index (χ2n) is 6.04.